The summed E-state index contributed by atoms with van der Waals surface area (Å²) in [7, 11) is 1.58. The minimum atomic E-state index is -0.170. The monoisotopic (exact) mass is 386 g/mol. The van der Waals surface area contributed by atoms with Crippen LogP contribution in [0.3, 0.4) is 0 Å². The van der Waals surface area contributed by atoms with Gasteiger partial charge in [-0.25, -0.2) is 4.98 Å². The molecule has 28 heavy (non-hydrogen) atoms. The van der Waals surface area contributed by atoms with Gasteiger partial charge in [-0.1, -0.05) is 36.4 Å². The first-order valence-electron chi connectivity index (χ1n) is 8.80. The van der Waals surface area contributed by atoms with Crippen LogP contribution >= 0.6 is 11.3 Å². The van der Waals surface area contributed by atoms with Crippen molar-refractivity contribution in [3.8, 4) is 5.75 Å². The third-order valence-corrected chi connectivity index (χ3v) is 5.23. The van der Waals surface area contributed by atoms with Gasteiger partial charge < -0.3 is 10.1 Å². The first kappa shape index (κ1) is 17.9. The van der Waals surface area contributed by atoms with Gasteiger partial charge in [-0.05, 0) is 54.1 Å². The second-order valence-corrected chi connectivity index (χ2v) is 7.22. The second kappa shape index (κ2) is 8.06. The normalized spacial score (nSPS) is 11.0. The number of amides is 1. The number of para-hydroxylation sites is 1. The van der Waals surface area contributed by atoms with Gasteiger partial charge in [0.15, 0.2) is 0 Å². The first-order valence-corrected chi connectivity index (χ1v) is 9.62. The molecule has 1 heterocycles. The molecule has 0 bridgehead atoms. The van der Waals surface area contributed by atoms with Gasteiger partial charge >= 0.3 is 0 Å². The molecular weight excluding hydrogens is 368 g/mol. The van der Waals surface area contributed by atoms with Crippen LogP contribution in [0.1, 0.15) is 20.9 Å². The lowest BCUT2D eigenvalue weighted by Crippen LogP contribution is -2.11. The van der Waals surface area contributed by atoms with Gasteiger partial charge in [-0.2, -0.15) is 0 Å². The topological polar surface area (TPSA) is 51.2 Å². The number of hydrogen-bond donors (Lipinski definition) is 1. The zero-order valence-corrected chi connectivity index (χ0v) is 16.1. The van der Waals surface area contributed by atoms with Crippen LogP contribution in [0.25, 0.3) is 22.4 Å². The predicted molar refractivity (Wildman–Crippen MR) is 116 cm³/mol. The number of methoxy groups -OCH3 is 1. The molecule has 4 aromatic rings. The number of carbonyl (C=O) groups excluding carboxylic acids is 1. The maximum atomic E-state index is 12.4. The lowest BCUT2D eigenvalue weighted by atomic mass is 10.1. The van der Waals surface area contributed by atoms with Crippen molar-refractivity contribution in [1.82, 2.24) is 4.98 Å². The van der Waals surface area contributed by atoms with E-state index in [2.05, 4.69) is 16.4 Å². The molecule has 1 aromatic heterocycles. The Labute approximate surface area is 167 Å². The van der Waals surface area contributed by atoms with Crippen LogP contribution in [0.5, 0.6) is 5.75 Å². The highest BCUT2D eigenvalue weighted by Crippen LogP contribution is 2.23. The van der Waals surface area contributed by atoms with Crippen molar-refractivity contribution in [3.05, 3.63) is 88.9 Å². The van der Waals surface area contributed by atoms with Crippen LogP contribution in [0, 0.1) is 0 Å². The quantitative estimate of drug-likeness (QED) is 0.477. The van der Waals surface area contributed by atoms with E-state index in [0.29, 0.717) is 11.3 Å². The molecule has 0 saturated carbocycles. The Morgan fingerprint density at radius 1 is 1.00 bits per heavy atom. The molecule has 0 radical (unpaired) electrons. The number of fused-ring (bicyclic) bond motifs is 1. The number of anilines is 1. The van der Waals surface area contributed by atoms with Crippen molar-refractivity contribution in [2.75, 3.05) is 12.4 Å². The summed E-state index contributed by atoms with van der Waals surface area (Å²) in [6, 6.07) is 22.9. The van der Waals surface area contributed by atoms with Crippen LogP contribution in [0.2, 0.25) is 0 Å². The molecular formula is C23H18N2O2S. The van der Waals surface area contributed by atoms with Gasteiger partial charge in [0.1, 0.15) is 10.8 Å². The fourth-order valence-electron chi connectivity index (χ4n) is 2.77. The maximum absolute atomic E-state index is 12.4. The number of aromatic nitrogens is 1. The average molecular weight is 386 g/mol. The summed E-state index contributed by atoms with van der Waals surface area (Å²) in [4.78, 5) is 17.0. The summed E-state index contributed by atoms with van der Waals surface area (Å²) in [6.45, 7) is 0. The summed E-state index contributed by atoms with van der Waals surface area (Å²) >= 11 is 1.66. The fourth-order valence-corrected chi connectivity index (χ4v) is 3.64. The number of thiazole rings is 1. The fraction of sp³-hybridized carbons (Fsp3) is 0.0435. The number of carbonyl (C=O) groups is 1. The zero-order chi connectivity index (χ0) is 19.3. The second-order valence-electron chi connectivity index (χ2n) is 6.16. The van der Waals surface area contributed by atoms with E-state index in [1.807, 2.05) is 60.7 Å². The summed E-state index contributed by atoms with van der Waals surface area (Å²) in [5, 5.41) is 3.87. The highest BCUT2D eigenvalue weighted by Gasteiger charge is 2.07. The molecule has 0 fully saturated rings. The number of hydrogen-bond acceptors (Lipinski definition) is 4. The Hall–Kier alpha value is -3.44. The van der Waals surface area contributed by atoms with E-state index in [1.165, 1.54) is 4.70 Å². The third-order valence-electron chi connectivity index (χ3n) is 4.23. The van der Waals surface area contributed by atoms with Crippen molar-refractivity contribution in [2.45, 2.75) is 0 Å². The Balaban J connectivity index is 1.43. The molecule has 0 saturated heterocycles. The third kappa shape index (κ3) is 4.10. The largest absolute Gasteiger partial charge is 0.497 e. The molecule has 0 spiro atoms. The molecule has 1 N–H and O–H groups in total. The van der Waals surface area contributed by atoms with Crippen molar-refractivity contribution in [2.24, 2.45) is 0 Å². The van der Waals surface area contributed by atoms with E-state index < -0.39 is 0 Å². The average Bonchev–Trinajstić information content (AvgIpc) is 3.16. The Kier molecular flexibility index (Phi) is 5.17. The number of ether oxygens (including phenoxy) is 1. The van der Waals surface area contributed by atoms with Crippen molar-refractivity contribution in [1.29, 1.82) is 0 Å². The number of nitrogens with zero attached hydrogens (tertiary/aromatic N) is 1. The smallest absolute Gasteiger partial charge is 0.255 e. The van der Waals surface area contributed by atoms with E-state index in [4.69, 9.17) is 4.74 Å². The predicted octanol–water partition coefficient (Wildman–Crippen LogP) is 5.73. The lowest BCUT2D eigenvalue weighted by molar-refractivity contribution is 0.102. The van der Waals surface area contributed by atoms with Gasteiger partial charge in [0, 0.05) is 11.3 Å². The van der Waals surface area contributed by atoms with Gasteiger partial charge in [-0.3, -0.25) is 4.79 Å². The molecule has 5 heteroatoms. The van der Waals surface area contributed by atoms with Gasteiger partial charge in [0.25, 0.3) is 5.91 Å². The first-order chi connectivity index (χ1) is 13.7. The maximum Gasteiger partial charge on any atom is 0.255 e. The molecule has 0 aliphatic rings. The van der Waals surface area contributed by atoms with Crippen LogP contribution in [-0.4, -0.2) is 18.0 Å². The van der Waals surface area contributed by atoms with Gasteiger partial charge in [0.2, 0.25) is 0 Å². The molecule has 0 aliphatic carbocycles. The highest BCUT2D eigenvalue weighted by molar-refractivity contribution is 7.19. The van der Waals surface area contributed by atoms with E-state index in [1.54, 1.807) is 36.6 Å². The van der Waals surface area contributed by atoms with Crippen LogP contribution in [0.4, 0.5) is 5.69 Å². The Bertz CT molecular complexity index is 1110. The van der Waals surface area contributed by atoms with E-state index in [-0.39, 0.29) is 5.91 Å². The molecule has 0 unspecified atom stereocenters. The molecule has 0 aliphatic heterocycles. The number of benzene rings is 3. The molecule has 4 rings (SSSR count). The van der Waals surface area contributed by atoms with E-state index in [9.17, 15) is 4.79 Å². The van der Waals surface area contributed by atoms with Crippen molar-refractivity contribution in [3.63, 3.8) is 0 Å². The minimum Gasteiger partial charge on any atom is -0.497 e. The zero-order valence-electron chi connectivity index (χ0n) is 15.3. The molecule has 0 atom stereocenters. The summed E-state index contributed by atoms with van der Waals surface area (Å²) < 4.78 is 6.34. The molecule has 4 nitrogen and oxygen atoms in total. The van der Waals surface area contributed by atoms with E-state index >= 15 is 0 Å². The standard InChI is InChI=1S/C23H18N2O2S/c1-27-19-6-4-5-17(15-19)23(26)24-18-12-9-16(10-13-18)11-14-22-25-20-7-2-3-8-21(20)28-22/h2-15H,1H3,(H,24,26)/b14-11+. The summed E-state index contributed by atoms with van der Waals surface area (Å²) in [5.41, 5.74) is 3.35. The summed E-state index contributed by atoms with van der Waals surface area (Å²) in [6.07, 6.45) is 4.03. The number of nitrogens with one attached hydrogen (secondary N) is 1. The number of rotatable bonds is 5. The van der Waals surface area contributed by atoms with E-state index in [0.717, 1.165) is 21.8 Å². The molecule has 3 aromatic carbocycles. The minimum absolute atomic E-state index is 0.170. The SMILES string of the molecule is COc1cccc(C(=O)Nc2ccc(/C=C/c3nc4ccccc4s3)cc2)c1. The molecule has 1 amide bonds. The van der Waals surface area contributed by atoms with Gasteiger partial charge in [0.05, 0.1) is 17.3 Å². The highest BCUT2D eigenvalue weighted by atomic mass is 32.1. The van der Waals surface area contributed by atoms with Crippen LogP contribution in [0.15, 0.2) is 72.8 Å². The Morgan fingerprint density at radius 3 is 2.61 bits per heavy atom. The lowest BCUT2D eigenvalue weighted by Gasteiger charge is -2.07. The van der Waals surface area contributed by atoms with Gasteiger partial charge in [-0.15, -0.1) is 11.3 Å². The summed E-state index contributed by atoms with van der Waals surface area (Å²) in [5.74, 6) is 0.486. The Morgan fingerprint density at radius 2 is 1.82 bits per heavy atom. The van der Waals surface area contributed by atoms with Crippen LogP contribution < -0.4 is 10.1 Å². The van der Waals surface area contributed by atoms with Crippen LogP contribution in [-0.2, 0) is 0 Å². The van der Waals surface area contributed by atoms with Crippen molar-refractivity contribution < 1.29 is 9.53 Å². The van der Waals surface area contributed by atoms with Crippen molar-refractivity contribution >= 4 is 45.3 Å². The molecule has 138 valence electrons.